The van der Waals surface area contributed by atoms with E-state index in [-0.39, 0.29) is 5.97 Å². The molecule has 2 atom stereocenters. The van der Waals surface area contributed by atoms with Crippen LogP contribution in [0.3, 0.4) is 0 Å². The molecular weight excluding hydrogens is 222 g/mol. The van der Waals surface area contributed by atoms with Crippen LogP contribution in [-0.4, -0.2) is 13.1 Å². The summed E-state index contributed by atoms with van der Waals surface area (Å²) >= 11 is 1.54. The molecule has 0 amide bonds. The van der Waals surface area contributed by atoms with Crippen LogP contribution in [0, 0.1) is 5.92 Å². The number of methoxy groups -OCH3 is 1. The number of fused-ring (bicyclic) bond motifs is 1. The molecule has 1 heterocycles. The molecule has 0 fully saturated rings. The van der Waals surface area contributed by atoms with Crippen molar-refractivity contribution in [2.75, 3.05) is 12.8 Å². The molecule has 0 radical (unpaired) electrons. The Bertz CT molecular complexity index is 425. The molecule has 88 valence electrons. The van der Waals surface area contributed by atoms with Gasteiger partial charge in [0.25, 0.3) is 0 Å². The number of aryl methyl sites for hydroxylation is 1. The molecule has 2 rings (SSSR count). The first-order valence-corrected chi connectivity index (χ1v) is 6.37. The van der Waals surface area contributed by atoms with Gasteiger partial charge in [-0.2, -0.15) is 0 Å². The Labute approximate surface area is 99.6 Å². The second kappa shape index (κ2) is 4.09. The fraction of sp³-hybridized carbons (Fsp3) is 0.583. The lowest BCUT2D eigenvalue weighted by atomic mass is 9.79. The highest BCUT2D eigenvalue weighted by Crippen LogP contribution is 2.44. The highest BCUT2D eigenvalue weighted by Gasteiger charge is 2.32. The van der Waals surface area contributed by atoms with E-state index in [1.807, 2.05) is 0 Å². The van der Waals surface area contributed by atoms with Crippen molar-refractivity contribution < 1.29 is 9.53 Å². The molecule has 0 bridgehead atoms. The standard InChI is InChI=1S/C12H17NO2S/c1-6-4-5-8-9(7(6)2)10(11(13)16-8)12(14)15-3/h6-7H,4-5,13H2,1-3H3. The molecule has 3 nitrogen and oxygen atoms in total. The van der Waals surface area contributed by atoms with Crippen LogP contribution < -0.4 is 5.73 Å². The first-order chi connectivity index (χ1) is 7.56. The lowest BCUT2D eigenvalue weighted by Crippen LogP contribution is -2.17. The summed E-state index contributed by atoms with van der Waals surface area (Å²) in [4.78, 5) is 13.0. The van der Waals surface area contributed by atoms with E-state index >= 15 is 0 Å². The first-order valence-electron chi connectivity index (χ1n) is 5.55. The molecule has 0 spiro atoms. The highest BCUT2D eigenvalue weighted by atomic mass is 32.1. The highest BCUT2D eigenvalue weighted by molar-refractivity contribution is 7.16. The number of carbonyl (C=O) groups is 1. The minimum Gasteiger partial charge on any atom is -0.465 e. The van der Waals surface area contributed by atoms with Crippen molar-refractivity contribution in [3.8, 4) is 0 Å². The monoisotopic (exact) mass is 239 g/mol. The van der Waals surface area contributed by atoms with Gasteiger partial charge < -0.3 is 10.5 Å². The van der Waals surface area contributed by atoms with E-state index in [1.165, 1.54) is 18.4 Å². The Kier molecular flexibility index (Phi) is 2.93. The van der Waals surface area contributed by atoms with Crippen LogP contribution in [-0.2, 0) is 11.2 Å². The molecule has 2 N–H and O–H groups in total. The van der Waals surface area contributed by atoms with Crippen molar-refractivity contribution >= 4 is 22.3 Å². The molecule has 0 saturated carbocycles. The van der Waals surface area contributed by atoms with Crippen LogP contribution in [0.2, 0.25) is 0 Å². The van der Waals surface area contributed by atoms with Crippen molar-refractivity contribution in [2.24, 2.45) is 5.92 Å². The van der Waals surface area contributed by atoms with Crippen molar-refractivity contribution in [1.82, 2.24) is 0 Å². The van der Waals surface area contributed by atoms with Gasteiger partial charge in [-0.1, -0.05) is 13.8 Å². The zero-order chi connectivity index (χ0) is 11.9. The Morgan fingerprint density at radius 1 is 1.50 bits per heavy atom. The number of rotatable bonds is 1. The summed E-state index contributed by atoms with van der Waals surface area (Å²) in [6.07, 6.45) is 2.21. The number of anilines is 1. The van der Waals surface area contributed by atoms with E-state index < -0.39 is 0 Å². The zero-order valence-corrected chi connectivity index (χ0v) is 10.7. The third-order valence-corrected chi connectivity index (χ3v) is 4.67. The van der Waals surface area contributed by atoms with Crippen molar-refractivity contribution in [3.63, 3.8) is 0 Å². The number of nitrogens with two attached hydrogens (primary N) is 1. The zero-order valence-electron chi connectivity index (χ0n) is 9.87. The normalized spacial score (nSPS) is 23.9. The van der Waals surface area contributed by atoms with Crippen LogP contribution in [0.5, 0.6) is 0 Å². The maximum absolute atomic E-state index is 11.7. The van der Waals surface area contributed by atoms with Crippen LogP contribution in [0.1, 0.15) is 47.0 Å². The molecule has 1 aliphatic rings. The van der Waals surface area contributed by atoms with Crippen molar-refractivity contribution in [1.29, 1.82) is 0 Å². The van der Waals surface area contributed by atoms with E-state index in [1.54, 1.807) is 11.3 Å². The van der Waals surface area contributed by atoms with E-state index in [0.29, 0.717) is 22.4 Å². The topological polar surface area (TPSA) is 52.3 Å². The van der Waals surface area contributed by atoms with Gasteiger partial charge in [-0.3, -0.25) is 0 Å². The Morgan fingerprint density at radius 2 is 2.19 bits per heavy atom. The number of carbonyl (C=O) groups excluding carboxylic acids is 1. The van der Waals surface area contributed by atoms with Crippen molar-refractivity contribution in [2.45, 2.75) is 32.6 Å². The number of hydrogen-bond donors (Lipinski definition) is 1. The lowest BCUT2D eigenvalue weighted by Gasteiger charge is -2.26. The molecule has 4 heteroatoms. The van der Waals surface area contributed by atoms with Gasteiger partial charge in [-0.25, -0.2) is 4.79 Å². The molecule has 0 saturated heterocycles. The van der Waals surface area contributed by atoms with Gasteiger partial charge in [0, 0.05) is 4.88 Å². The molecule has 1 aromatic rings. The van der Waals surface area contributed by atoms with Gasteiger partial charge in [0.1, 0.15) is 5.00 Å². The Balaban J connectivity index is 2.54. The summed E-state index contributed by atoms with van der Waals surface area (Å²) in [7, 11) is 1.41. The summed E-state index contributed by atoms with van der Waals surface area (Å²) in [5.41, 5.74) is 7.67. The molecule has 16 heavy (non-hydrogen) atoms. The minimum atomic E-state index is -0.295. The molecule has 1 aliphatic carbocycles. The van der Waals surface area contributed by atoms with Gasteiger partial charge in [-0.05, 0) is 30.2 Å². The Morgan fingerprint density at radius 3 is 2.81 bits per heavy atom. The van der Waals surface area contributed by atoms with Gasteiger partial charge >= 0.3 is 5.97 Å². The first kappa shape index (κ1) is 11.5. The largest absolute Gasteiger partial charge is 0.465 e. The summed E-state index contributed by atoms with van der Waals surface area (Å²) in [6.45, 7) is 4.39. The van der Waals surface area contributed by atoms with Crippen molar-refractivity contribution in [3.05, 3.63) is 16.0 Å². The maximum Gasteiger partial charge on any atom is 0.341 e. The minimum absolute atomic E-state index is 0.295. The number of esters is 1. The van der Waals surface area contributed by atoms with Gasteiger partial charge in [0.05, 0.1) is 12.7 Å². The van der Waals surface area contributed by atoms with Gasteiger partial charge in [0.2, 0.25) is 0 Å². The summed E-state index contributed by atoms with van der Waals surface area (Å²) in [5, 5.41) is 0.609. The van der Waals surface area contributed by atoms with E-state index in [9.17, 15) is 4.79 Å². The number of nitrogen functional groups attached to an aromatic ring is 1. The van der Waals surface area contributed by atoms with E-state index in [2.05, 4.69) is 13.8 Å². The SMILES string of the molecule is COC(=O)c1c(N)sc2c1C(C)C(C)CC2. The average molecular weight is 239 g/mol. The van der Waals surface area contributed by atoms with Crippen LogP contribution in [0.15, 0.2) is 0 Å². The lowest BCUT2D eigenvalue weighted by molar-refractivity contribution is 0.0600. The predicted octanol–water partition coefficient (Wildman–Crippen LogP) is 2.80. The van der Waals surface area contributed by atoms with Crippen LogP contribution >= 0.6 is 11.3 Å². The van der Waals surface area contributed by atoms with Crippen LogP contribution in [0.25, 0.3) is 0 Å². The smallest absolute Gasteiger partial charge is 0.341 e. The van der Waals surface area contributed by atoms with E-state index in [0.717, 1.165) is 12.0 Å². The molecule has 0 aromatic carbocycles. The maximum atomic E-state index is 11.7. The quantitative estimate of drug-likeness (QED) is 0.767. The average Bonchev–Trinajstić information content (AvgIpc) is 2.60. The molecule has 0 aliphatic heterocycles. The number of ether oxygens (including phenoxy) is 1. The summed E-state index contributed by atoms with van der Waals surface area (Å²) < 4.78 is 4.81. The molecule has 2 unspecified atom stereocenters. The Hall–Kier alpha value is -1.03. The fourth-order valence-corrected chi connectivity index (χ4v) is 3.56. The summed E-state index contributed by atoms with van der Waals surface area (Å²) in [6, 6.07) is 0. The third kappa shape index (κ3) is 1.61. The third-order valence-electron chi connectivity index (χ3n) is 3.57. The predicted molar refractivity (Wildman–Crippen MR) is 66.0 cm³/mol. The molecule has 1 aromatic heterocycles. The van der Waals surface area contributed by atoms with E-state index in [4.69, 9.17) is 10.5 Å². The second-order valence-corrected chi connectivity index (χ2v) is 5.61. The van der Waals surface area contributed by atoms with Gasteiger partial charge in [0.15, 0.2) is 0 Å². The summed E-state index contributed by atoms with van der Waals surface area (Å²) in [5.74, 6) is 0.701. The second-order valence-electron chi connectivity index (χ2n) is 4.47. The molecular formula is C12H17NO2S. The van der Waals surface area contributed by atoms with Gasteiger partial charge in [-0.15, -0.1) is 11.3 Å². The number of thiophene rings is 1. The fourth-order valence-electron chi connectivity index (χ4n) is 2.38. The van der Waals surface area contributed by atoms with Crippen LogP contribution in [0.4, 0.5) is 5.00 Å². The number of hydrogen-bond acceptors (Lipinski definition) is 4.